The Hall–Kier alpha value is -1.57. The van der Waals surface area contributed by atoms with E-state index in [1.807, 2.05) is 0 Å². The van der Waals surface area contributed by atoms with Gasteiger partial charge in [-0.05, 0) is 36.7 Å². The Bertz CT molecular complexity index is 1080. The molecular weight excluding hydrogens is 497 g/mol. The van der Waals surface area contributed by atoms with Gasteiger partial charge >= 0.3 is 5.97 Å². The molecule has 180 valence electrons. The number of rotatable bonds is 8. The molecule has 2 aliphatic rings. The summed E-state index contributed by atoms with van der Waals surface area (Å²) in [6, 6.07) is 7.08. The van der Waals surface area contributed by atoms with Crippen molar-refractivity contribution in [3.05, 3.63) is 45.9 Å². The molecule has 13 heteroatoms. The maximum absolute atomic E-state index is 11.6. The predicted molar refractivity (Wildman–Crippen MR) is 119 cm³/mol. The monoisotopic (exact) mass is 519 g/mol. The molecule has 0 bridgehead atoms. The van der Waals surface area contributed by atoms with Crippen LogP contribution in [0.25, 0.3) is 0 Å². The first-order chi connectivity index (χ1) is 15.6. The second-order valence-corrected chi connectivity index (χ2v) is 9.83. The zero-order valence-electron chi connectivity index (χ0n) is 17.2. The van der Waals surface area contributed by atoms with Gasteiger partial charge in [-0.1, -0.05) is 29.8 Å². The van der Waals surface area contributed by atoms with Crippen LogP contribution in [-0.4, -0.2) is 82.3 Å². The molecule has 6 atom stereocenters. The number of carboxylic acid groups (broad SMARTS) is 1. The SMILES string of the molecule is O=C(O)[C@H]1O[C@H](OC(Cc2ccccc2Cl)(Cn2[nH]cnc2=S)C2(Cl)CC2)[C@H](O)[C@@H](O)[C@@H]1O. The van der Waals surface area contributed by atoms with Crippen LogP contribution < -0.4 is 0 Å². The summed E-state index contributed by atoms with van der Waals surface area (Å²) >= 11 is 18.6. The van der Waals surface area contributed by atoms with Crippen LogP contribution in [0.2, 0.25) is 5.02 Å². The number of nitrogens with one attached hydrogen (secondary N) is 1. The maximum Gasteiger partial charge on any atom is 0.335 e. The largest absolute Gasteiger partial charge is 0.479 e. The lowest BCUT2D eigenvalue weighted by atomic mass is 9.87. The molecule has 10 nitrogen and oxygen atoms in total. The number of aliphatic carboxylic acids is 1. The van der Waals surface area contributed by atoms with Gasteiger partial charge in [-0.3, -0.25) is 9.78 Å². The van der Waals surface area contributed by atoms with Gasteiger partial charge in [-0.2, -0.15) is 0 Å². The first-order valence-electron chi connectivity index (χ1n) is 10.2. The van der Waals surface area contributed by atoms with Crippen molar-refractivity contribution in [1.82, 2.24) is 14.8 Å². The number of halogens is 2. The molecule has 2 aromatic rings. The summed E-state index contributed by atoms with van der Waals surface area (Å²) < 4.78 is 13.5. The maximum atomic E-state index is 11.6. The average molecular weight is 520 g/mol. The number of aliphatic hydroxyl groups excluding tert-OH is 3. The van der Waals surface area contributed by atoms with E-state index in [9.17, 15) is 25.2 Å². The number of aromatic amines is 1. The van der Waals surface area contributed by atoms with Gasteiger partial charge in [-0.15, -0.1) is 11.6 Å². The molecule has 2 heterocycles. The van der Waals surface area contributed by atoms with Crippen LogP contribution in [0.1, 0.15) is 18.4 Å². The van der Waals surface area contributed by atoms with Crippen LogP contribution in [0.4, 0.5) is 0 Å². The van der Waals surface area contributed by atoms with E-state index in [1.54, 1.807) is 24.3 Å². The van der Waals surface area contributed by atoms with Gasteiger partial charge in [0.25, 0.3) is 0 Å². The number of ether oxygens (including phenoxy) is 2. The summed E-state index contributed by atoms with van der Waals surface area (Å²) in [5, 5.41) is 43.7. The zero-order valence-corrected chi connectivity index (χ0v) is 19.5. The van der Waals surface area contributed by atoms with E-state index in [1.165, 1.54) is 11.0 Å². The number of hydrogen-bond donors (Lipinski definition) is 5. The normalized spacial score (nSPS) is 30.5. The fraction of sp³-hybridized carbons (Fsp3) is 0.550. The number of carboxylic acids is 1. The van der Waals surface area contributed by atoms with Crippen LogP contribution in [0.15, 0.2) is 30.6 Å². The molecule has 0 spiro atoms. The Kier molecular flexibility index (Phi) is 6.87. The lowest BCUT2D eigenvalue weighted by Gasteiger charge is -2.46. The van der Waals surface area contributed by atoms with E-state index < -0.39 is 47.2 Å². The van der Waals surface area contributed by atoms with Gasteiger partial charge in [0.1, 0.15) is 30.2 Å². The first kappa shape index (κ1) is 24.6. The molecule has 1 unspecified atom stereocenters. The van der Waals surface area contributed by atoms with Gasteiger partial charge in [0.15, 0.2) is 12.4 Å². The fourth-order valence-corrected chi connectivity index (χ4v) is 4.71. The Morgan fingerprint density at radius 3 is 2.58 bits per heavy atom. The minimum atomic E-state index is -1.84. The first-order valence-corrected chi connectivity index (χ1v) is 11.4. The van der Waals surface area contributed by atoms with Crippen molar-refractivity contribution in [2.75, 3.05) is 0 Å². The van der Waals surface area contributed by atoms with Gasteiger partial charge in [-0.25, -0.2) is 9.78 Å². The fourth-order valence-electron chi connectivity index (χ4n) is 4.07. The van der Waals surface area contributed by atoms with Crippen LogP contribution >= 0.6 is 35.4 Å². The minimum Gasteiger partial charge on any atom is -0.479 e. The molecule has 2 fully saturated rings. The van der Waals surface area contributed by atoms with Crippen LogP contribution in [-0.2, 0) is 27.2 Å². The Balaban J connectivity index is 1.76. The highest BCUT2D eigenvalue weighted by Gasteiger charge is 2.62. The number of aliphatic hydroxyl groups is 3. The summed E-state index contributed by atoms with van der Waals surface area (Å²) in [5.74, 6) is -1.51. The van der Waals surface area contributed by atoms with Gasteiger partial charge in [0.2, 0.25) is 4.77 Å². The predicted octanol–water partition coefficient (Wildman–Crippen LogP) is 1.26. The molecule has 1 aromatic carbocycles. The summed E-state index contributed by atoms with van der Waals surface area (Å²) in [6.07, 6.45) is -6.16. The van der Waals surface area contributed by atoms with Gasteiger partial charge in [0.05, 0.1) is 11.4 Å². The van der Waals surface area contributed by atoms with Gasteiger partial charge in [0, 0.05) is 11.4 Å². The molecule has 1 aliphatic heterocycles. The van der Waals surface area contributed by atoms with E-state index in [0.717, 1.165) is 0 Å². The third-order valence-corrected chi connectivity index (χ3v) is 7.54. The Labute approximate surface area is 203 Å². The number of benzene rings is 1. The van der Waals surface area contributed by atoms with Crippen molar-refractivity contribution in [1.29, 1.82) is 0 Å². The highest BCUT2D eigenvalue weighted by atomic mass is 35.5. The quantitative estimate of drug-likeness (QED) is 0.256. The van der Waals surface area contributed by atoms with Crippen molar-refractivity contribution in [2.24, 2.45) is 0 Å². The van der Waals surface area contributed by atoms with Gasteiger partial charge < -0.3 is 29.9 Å². The number of aromatic nitrogens is 3. The molecule has 1 saturated carbocycles. The average Bonchev–Trinajstić information content (AvgIpc) is 3.41. The summed E-state index contributed by atoms with van der Waals surface area (Å²) in [6.45, 7) is 0.0452. The summed E-state index contributed by atoms with van der Waals surface area (Å²) in [7, 11) is 0. The topological polar surface area (TPSA) is 150 Å². The number of alkyl halides is 1. The Morgan fingerprint density at radius 1 is 1.30 bits per heavy atom. The number of hydrogen-bond acceptors (Lipinski definition) is 8. The van der Waals surface area contributed by atoms with Crippen molar-refractivity contribution in [3.63, 3.8) is 0 Å². The zero-order chi connectivity index (χ0) is 24.0. The van der Waals surface area contributed by atoms with E-state index in [-0.39, 0.29) is 17.7 Å². The van der Waals surface area contributed by atoms with Crippen molar-refractivity contribution in [3.8, 4) is 0 Å². The molecule has 4 rings (SSSR count). The molecule has 5 N–H and O–H groups in total. The second-order valence-electron chi connectivity index (χ2n) is 8.34. The van der Waals surface area contributed by atoms with E-state index in [0.29, 0.717) is 23.4 Å². The molecule has 33 heavy (non-hydrogen) atoms. The lowest BCUT2D eigenvalue weighted by molar-refractivity contribution is -0.323. The van der Waals surface area contributed by atoms with E-state index >= 15 is 0 Å². The highest BCUT2D eigenvalue weighted by Crippen LogP contribution is 2.55. The van der Waals surface area contributed by atoms with Crippen LogP contribution in [0, 0.1) is 4.77 Å². The molecule has 1 saturated heterocycles. The van der Waals surface area contributed by atoms with E-state index in [4.69, 9.17) is 44.9 Å². The summed E-state index contributed by atoms with van der Waals surface area (Å²) in [4.78, 5) is 14.6. The molecule has 1 aromatic heterocycles. The minimum absolute atomic E-state index is 0.0452. The summed E-state index contributed by atoms with van der Waals surface area (Å²) in [5.41, 5.74) is -0.626. The number of carbonyl (C=O) groups is 1. The molecule has 1 aliphatic carbocycles. The van der Waals surface area contributed by atoms with Crippen molar-refractivity contribution >= 4 is 41.4 Å². The third kappa shape index (κ3) is 4.69. The van der Waals surface area contributed by atoms with Crippen LogP contribution in [0.3, 0.4) is 0 Å². The second kappa shape index (κ2) is 9.23. The van der Waals surface area contributed by atoms with Crippen molar-refractivity contribution in [2.45, 2.75) is 67.0 Å². The number of nitrogens with zero attached hydrogens (tertiary/aromatic N) is 2. The molecule has 0 amide bonds. The highest BCUT2D eigenvalue weighted by molar-refractivity contribution is 7.71. The third-order valence-electron chi connectivity index (χ3n) is 6.13. The molecule has 0 radical (unpaired) electrons. The Morgan fingerprint density at radius 2 is 2.00 bits per heavy atom. The van der Waals surface area contributed by atoms with Crippen LogP contribution in [0.5, 0.6) is 0 Å². The smallest absolute Gasteiger partial charge is 0.335 e. The lowest BCUT2D eigenvalue weighted by Crippen LogP contribution is -2.63. The number of H-pyrrole nitrogens is 1. The van der Waals surface area contributed by atoms with Crippen molar-refractivity contribution < 1.29 is 34.7 Å². The standard InChI is InChI=1S/C20H23Cl2N3O7S/c21-11-4-2-1-3-10(11)7-20(19(22)5-6-19,8-25-18(33)23-9-24-25)32-17-14(28)12(26)13(27)15(31-17)16(29)30/h1-4,9,12-15,17,26-28H,5-8H2,(H,29,30)(H,23,24,33)/t12-,13-,14+,15-,17+,20?/m0/s1. The van der Waals surface area contributed by atoms with E-state index in [2.05, 4.69) is 10.1 Å². The molecular formula is C20H23Cl2N3O7S.